The molecule has 132 valence electrons. The van der Waals surface area contributed by atoms with Crippen LogP contribution in [-0.2, 0) is 11.3 Å². The number of methoxy groups -OCH3 is 2. The van der Waals surface area contributed by atoms with Gasteiger partial charge in [-0.05, 0) is 19.2 Å². The van der Waals surface area contributed by atoms with Crippen molar-refractivity contribution in [2.24, 2.45) is 0 Å². The Labute approximate surface area is 152 Å². The summed E-state index contributed by atoms with van der Waals surface area (Å²) in [6, 6.07) is 5.58. The van der Waals surface area contributed by atoms with Crippen molar-refractivity contribution < 1.29 is 14.3 Å². The molecule has 0 aliphatic rings. The normalized spacial score (nSPS) is 9.96. The van der Waals surface area contributed by atoms with Gasteiger partial charge in [0, 0.05) is 36.2 Å². The van der Waals surface area contributed by atoms with E-state index in [1.807, 2.05) is 30.6 Å². The monoisotopic (exact) mass is 371 g/mol. The third-order valence-electron chi connectivity index (χ3n) is 3.36. The molecule has 0 spiro atoms. The van der Waals surface area contributed by atoms with Gasteiger partial charge in [-0.25, -0.2) is 4.98 Å². The Morgan fingerprint density at radius 3 is 2.71 bits per heavy atom. The predicted molar refractivity (Wildman–Crippen MR) is 98.6 cm³/mol. The second-order valence-electron chi connectivity index (χ2n) is 4.83. The largest absolute Gasteiger partial charge is 0.497 e. The molecule has 0 aliphatic heterocycles. The fourth-order valence-corrected chi connectivity index (χ4v) is 2.79. The highest BCUT2D eigenvalue weighted by Crippen LogP contribution is 2.28. The summed E-state index contributed by atoms with van der Waals surface area (Å²) in [4.78, 5) is 18.5. The first-order valence-electron chi connectivity index (χ1n) is 7.25. The Hall–Kier alpha value is -1.83. The van der Waals surface area contributed by atoms with Gasteiger partial charge in [-0.3, -0.25) is 9.69 Å². The second-order valence-corrected chi connectivity index (χ2v) is 5.70. The Morgan fingerprint density at radius 2 is 2.12 bits per heavy atom. The molecule has 1 aromatic heterocycles. The van der Waals surface area contributed by atoms with Crippen LogP contribution in [-0.4, -0.2) is 38.7 Å². The Morgan fingerprint density at radius 1 is 1.33 bits per heavy atom. The Bertz CT molecular complexity index is 638. The standard InChI is InChI=1S/C16H21N3O3S.ClH/c1-17-7-6-15(20)19(16-18-8-9-23-16)11-12-4-5-13(21-2)10-14(12)22-3;/h4-5,8-10,17H,6-7,11H2,1-3H3;1H. The molecule has 6 nitrogen and oxygen atoms in total. The van der Waals surface area contributed by atoms with Crippen LogP contribution in [0.5, 0.6) is 11.5 Å². The first-order valence-corrected chi connectivity index (χ1v) is 8.13. The van der Waals surface area contributed by atoms with Crippen LogP contribution in [0.15, 0.2) is 29.8 Å². The molecule has 0 aliphatic carbocycles. The van der Waals surface area contributed by atoms with Crippen LogP contribution in [0, 0.1) is 0 Å². The molecule has 1 amide bonds. The van der Waals surface area contributed by atoms with E-state index in [1.165, 1.54) is 11.3 Å². The molecule has 0 radical (unpaired) electrons. The number of thiazole rings is 1. The summed E-state index contributed by atoms with van der Waals surface area (Å²) in [5, 5.41) is 5.54. The van der Waals surface area contributed by atoms with E-state index < -0.39 is 0 Å². The van der Waals surface area contributed by atoms with E-state index in [0.29, 0.717) is 36.1 Å². The van der Waals surface area contributed by atoms with Crippen LogP contribution in [0.1, 0.15) is 12.0 Å². The Kier molecular flexibility index (Phi) is 8.53. The zero-order chi connectivity index (χ0) is 16.7. The minimum absolute atomic E-state index is 0. The molecule has 0 fully saturated rings. The van der Waals surface area contributed by atoms with Gasteiger partial charge in [-0.1, -0.05) is 0 Å². The van der Waals surface area contributed by atoms with Crippen molar-refractivity contribution in [1.82, 2.24) is 10.3 Å². The number of carbonyl (C=O) groups is 1. The molecule has 2 rings (SSSR count). The smallest absolute Gasteiger partial charge is 0.230 e. The van der Waals surface area contributed by atoms with E-state index in [2.05, 4.69) is 10.3 Å². The van der Waals surface area contributed by atoms with Gasteiger partial charge in [0.05, 0.1) is 20.8 Å². The van der Waals surface area contributed by atoms with Crippen LogP contribution < -0.4 is 19.7 Å². The van der Waals surface area contributed by atoms with Gasteiger partial charge in [0.25, 0.3) is 0 Å². The average Bonchev–Trinajstić information content (AvgIpc) is 3.11. The van der Waals surface area contributed by atoms with Gasteiger partial charge in [-0.2, -0.15) is 0 Å². The number of rotatable bonds is 8. The number of carbonyl (C=O) groups excluding carboxylic acids is 1. The molecular weight excluding hydrogens is 350 g/mol. The summed E-state index contributed by atoms with van der Waals surface area (Å²) in [5.74, 6) is 1.42. The summed E-state index contributed by atoms with van der Waals surface area (Å²) in [6.45, 7) is 1.03. The average molecular weight is 372 g/mol. The lowest BCUT2D eigenvalue weighted by molar-refractivity contribution is -0.118. The van der Waals surface area contributed by atoms with Gasteiger partial charge >= 0.3 is 0 Å². The third-order valence-corrected chi connectivity index (χ3v) is 4.16. The third kappa shape index (κ3) is 5.09. The lowest BCUT2D eigenvalue weighted by Gasteiger charge is -2.21. The maximum absolute atomic E-state index is 12.5. The van der Waals surface area contributed by atoms with Gasteiger partial charge in [0.1, 0.15) is 11.5 Å². The predicted octanol–water partition coefficient (Wildman–Crippen LogP) is 2.72. The zero-order valence-electron chi connectivity index (χ0n) is 13.9. The number of halogens is 1. The van der Waals surface area contributed by atoms with E-state index in [4.69, 9.17) is 9.47 Å². The summed E-state index contributed by atoms with van der Waals surface area (Å²) in [7, 11) is 5.04. The SMILES string of the molecule is CNCCC(=O)N(Cc1ccc(OC)cc1OC)c1nccs1.Cl. The van der Waals surface area contributed by atoms with Crippen LogP contribution in [0.4, 0.5) is 5.13 Å². The Balaban J connectivity index is 0.00000288. The fourth-order valence-electron chi connectivity index (χ4n) is 2.13. The molecule has 8 heteroatoms. The summed E-state index contributed by atoms with van der Waals surface area (Å²) in [6.07, 6.45) is 2.11. The quantitative estimate of drug-likeness (QED) is 0.773. The molecule has 0 saturated carbocycles. The highest BCUT2D eigenvalue weighted by atomic mass is 35.5. The number of hydrogen-bond donors (Lipinski definition) is 1. The van der Waals surface area contributed by atoms with Crippen molar-refractivity contribution in [3.8, 4) is 11.5 Å². The molecule has 2 aromatic rings. The molecule has 0 bridgehead atoms. The van der Waals surface area contributed by atoms with E-state index >= 15 is 0 Å². The summed E-state index contributed by atoms with van der Waals surface area (Å²) >= 11 is 1.44. The van der Waals surface area contributed by atoms with Gasteiger partial charge < -0.3 is 14.8 Å². The molecule has 24 heavy (non-hydrogen) atoms. The summed E-state index contributed by atoms with van der Waals surface area (Å²) < 4.78 is 10.6. The number of nitrogens with zero attached hydrogens (tertiary/aromatic N) is 2. The minimum atomic E-state index is 0. The van der Waals surface area contributed by atoms with Crippen molar-refractivity contribution in [3.63, 3.8) is 0 Å². The number of nitrogens with one attached hydrogen (secondary N) is 1. The van der Waals surface area contributed by atoms with E-state index in [-0.39, 0.29) is 18.3 Å². The number of aromatic nitrogens is 1. The van der Waals surface area contributed by atoms with Gasteiger partial charge in [0.2, 0.25) is 5.91 Å². The van der Waals surface area contributed by atoms with Crippen molar-refractivity contribution in [1.29, 1.82) is 0 Å². The van der Waals surface area contributed by atoms with Gasteiger partial charge in [0.15, 0.2) is 5.13 Å². The lowest BCUT2D eigenvalue weighted by Crippen LogP contribution is -2.32. The summed E-state index contributed by atoms with van der Waals surface area (Å²) in [5.41, 5.74) is 0.904. The van der Waals surface area contributed by atoms with Gasteiger partial charge in [-0.15, -0.1) is 23.7 Å². The minimum Gasteiger partial charge on any atom is -0.497 e. The molecular formula is C16H22ClN3O3S. The second kappa shape index (κ2) is 10.1. The lowest BCUT2D eigenvalue weighted by atomic mass is 10.1. The maximum atomic E-state index is 12.5. The van der Waals surface area contributed by atoms with Crippen LogP contribution in [0.25, 0.3) is 0 Å². The molecule has 0 atom stereocenters. The number of amides is 1. The molecule has 1 aromatic carbocycles. The fraction of sp³-hybridized carbons (Fsp3) is 0.375. The topological polar surface area (TPSA) is 63.7 Å². The van der Waals surface area contributed by atoms with E-state index in [0.717, 1.165) is 5.56 Å². The highest BCUT2D eigenvalue weighted by molar-refractivity contribution is 7.13. The molecule has 1 N–H and O–H groups in total. The van der Waals surface area contributed by atoms with Crippen molar-refractivity contribution in [2.75, 3.05) is 32.7 Å². The van der Waals surface area contributed by atoms with Crippen LogP contribution >= 0.6 is 23.7 Å². The number of benzene rings is 1. The number of hydrogen-bond acceptors (Lipinski definition) is 6. The first kappa shape index (κ1) is 20.2. The van der Waals surface area contributed by atoms with Crippen molar-refractivity contribution >= 4 is 34.8 Å². The molecule has 0 unspecified atom stereocenters. The zero-order valence-corrected chi connectivity index (χ0v) is 15.6. The van der Waals surface area contributed by atoms with Crippen LogP contribution in [0.3, 0.4) is 0 Å². The number of anilines is 1. The van der Waals surface area contributed by atoms with Crippen molar-refractivity contribution in [2.45, 2.75) is 13.0 Å². The molecule has 0 saturated heterocycles. The maximum Gasteiger partial charge on any atom is 0.230 e. The van der Waals surface area contributed by atoms with Crippen LogP contribution in [0.2, 0.25) is 0 Å². The van der Waals surface area contributed by atoms with E-state index in [9.17, 15) is 4.79 Å². The van der Waals surface area contributed by atoms with Crippen molar-refractivity contribution in [3.05, 3.63) is 35.3 Å². The first-order chi connectivity index (χ1) is 11.2. The highest BCUT2D eigenvalue weighted by Gasteiger charge is 2.20. The number of ether oxygens (including phenoxy) is 2. The van der Waals surface area contributed by atoms with E-state index in [1.54, 1.807) is 25.3 Å². The molecule has 1 heterocycles.